The van der Waals surface area contributed by atoms with Gasteiger partial charge in [-0.05, 0) is 71.1 Å². The zero-order chi connectivity index (χ0) is 31.5. The van der Waals surface area contributed by atoms with Crippen molar-refractivity contribution >= 4 is 11.9 Å². The highest BCUT2D eigenvalue weighted by Gasteiger charge is 2.12. The summed E-state index contributed by atoms with van der Waals surface area (Å²) in [7, 11) is 0. The molecule has 252 valence electrons. The fourth-order valence-corrected chi connectivity index (χ4v) is 5.28. The topological polar surface area (TPSA) is 52.6 Å². The van der Waals surface area contributed by atoms with Crippen LogP contribution in [0.3, 0.4) is 0 Å². The average Bonchev–Trinajstić information content (AvgIpc) is 3.00. The smallest absolute Gasteiger partial charge is 0.306 e. The molecule has 0 amide bonds. The first-order valence-electron chi connectivity index (χ1n) is 18.7. The van der Waals surface area contributed by atoms with Crippen molar-refractivity contribution in [3.63, 3.8) is 0 Å². The number of unbranched alkanes of at least 4 members (excludes halogenated alkanes) is 22. The molecule has 0 aromatic heterocycles. The minimum atomic E-state index is -0.381. The first-order chi connectivity index (χ1) is 21.1. The summed E-state index contributed by atoms with van der Waals surface area (Å²) in [5.41, 5.74) is 0. The number of carbonyl (C=O) groups is 2. The van der Waals surface area contributed by atoms with E-state index >= 15 is 0 Å². The largest absolute Gasteiger partial charge is 0.462 e. The van der Waals surface area contributed by atoms with Crippen molar-refractivity contribution in [1.82, 2.24) is 0 Å². The van der Waals surface area contributed by atoms with Crippen molar-refractivity contribution in [2.24, 2.45) is 0 Å². The van der Waals surface area contributed by atoms with Gasteiger partial charge in [0.05, 0.1) is 0 Å². The minimum absolute atomic E-state index is 0.155. The van der Waals surface area contributed by atoms with Gasteiger partial charge in [0.15, 0.2) is 0 Å². The number of carbonyl (C=O) groups excluding carboxylic acids is 2. The van der Waals surface area contributed by atoms with E-state index in [1.54, 1.807) is 6.92 Å². The van der Waals surface area contributed by atoms with Gasteiger partial charge in [-0.2, -0.15) is 0 Å². The van der Waals surface area contributed by atoms with Crippen LogP contribution in [0.15, 0.2) is 24.3 Å². The lowest BCUT2D eigenvalue weighted by Crippen LogP contribution is -2.22. The first-order valence-corrected chi connectivity index (χ1v) is 18.7. The lowest BCUT2D eigenvalue weighted by Gasteiger charge is -2.13. The molecule has 0 aliphatic rings. The van der Waals surface area contributed by atoms with Gasteiger partial charge in [0, 0.05) is 12.8 Å². The van der Waals surface area contributed by atoms with Gasteiger partial charge in [-0.25, -0.2) is 0 Å². The van der Waals surface area contributed by atoms with E-state index in [0.29, 0.717) is 12.8 Å². The number of hydrogen-bond donors (Lipinski definition) is 0. The highest BCUT2D eigenvalue weighted by molar-refractivity contribution is 5.70. The van der Waals surface area contributed by atoms with E-state index in [-0.39, 0.29) is 24.6 Å². The van der Waals surface area contributed by atoms with Crippen LogP contribution in [-0.2, 0) is 19.1 Å². The van der Waals surface area contributed by atoms with Crippen molar-refractivity contribution in [2.45, 2.75) is 207 Å². The maximum absolute atomic E-state index is 12.1. The molecule has 0 aliphatic heterocycles. The summed E-state index contributed by atoms with van der Waals surface area (Å²) in [4.78, 5) is 24.1. The molecule has 0 saturated heterocycles. The molecule has 0 spiro atoms. The standard InChI is InChI=1S/C39H72O4/c1-4-6-8-10-12-14-16-18-20-22-24-26-28-30-32-34-38(40)42-36-37(3)43-39(41)35-33-31-29-27-25-23-21-19-17-15-13-11-9-7-5-2/h18-21,37H,4-17,22-36H2,1-3H3/b20-18+,21-19+. The van der Waals surface area contributed by atoms with Crippen molar-refractivity contribution < 1.29 is 19.1 Å². The summed E-state index contributed by atoms with van der Waals surface area (Å²) in [6.07, 6.45) is 42.2. The first kappa shape index (κ1) is 41.4. The summed E-state index contributed by atoms with van der Waals surface area (Å²) in [5.74, 6) is -0.365. The third-order valence-electron chi connectivity index (χ3n) is 8.10. The molecule has 0 rings (SSSR count). The van der Waals surface area contributed by atoms with Crippen molar-refractivity contribution in [1.29, 1.82) is 0 Å². The summed E-state index contributed by atoms with van der Waals surface area (Å²) in [6, 6.07) is 0. The summed E-state index contributed by atoms with van der Waals surface area (Å²) in [6.45, 7) is 6.48. The van der Waals surface area contributed by atoms with Gasteiger partial charge in [-0.1, -0.05) is 141 Å². The third-order valence-corrected chi connectivity index (χ3v) is 8.10. The highest BCUT2D eigenvalue weighted by Crippen LogP contribution is 2.12. The van der Waals surface area contributed by atoms with Crippen molar-refractivity contribution in [3.05, 3.63) is 24.3 Å². The Morgan fingerprint density at radius 2 is 0.791 bits per heavy atom. The van der Waals surface area contributed by atoms with Crippen LogP contribution in [0.25, 0.3) is 0 Å². The Labute approximate surface area is 268 Å². The molecular formula is C39H72O4. The number of ether oxygens (including phenoxy) is 2. The van der Waals surface area contributed by atoms with Crippen LogP contribution in [-0.4, -0.2) is 24.6 Å². The third kappa shape index (κ3) is 34.8. The van der Waals surface area contributed by atoms with Gasteiger partial charge in [-0.3, -0.25) is 9.59 Å². The van der Waals surface area contributed by atoms with Crippen LogP contribution in [0, 0.1) is 0 Å². The molecule has 43 heavy (non-hydrogen) atoms. The van der Waals surface area contributed by atoms with Gasteiger partial charge < -0.3 is 9.47 Å². The van der Waals surface area contributed by atoms with E-state index in [4.69, 9.17) is 9.47 Å². The van der Waals surface area contributed by atoms with Crippen LogP contribution in [0.2, 0.25) is 0 Å². The van der Waals surface area contributed by atoms with Crippen molar-refractivity contribution in [3.8, 4) is 0 Å². The average molecular weight is 605 g/mol. The van der Waals surface area contributed by atoms with E-state index in [1.165, 1.54) is 141 Å². The maximum atomic E-state index is 12.1. The van der Waals surface area contributed by atoms with E-state index in [0.717, 1.165) is 25.7 Å². The molecule has 0 fully saturated rings. The Morgan fingerprint density at radius 1 is 0.465 bits per heavy atom. The van der Waals surface area contributed by atoms with Crippen LogP contribution in [0.1, 0.15) is 201 Å². The Hall–Kier alpha value is -1.58. The number of esters is 2. The molecule has 0 aromatic rings. The Kier molecular flexibility index (Phi) is 33.6. The molecule has 4 heteroatoms. The predicted molar refractivity (Wildman–Crippen MR) is 185 cm³/mol. The molecule has 0 N–H and O–H groups in total. The molecule has 0 bridgehead atoms. The van der Waals surface area contributed by atoms with E-state index in [9.17, 15) is 9.59 Å². The number of allylic oxidation sites excluding steroid dienone is 4. The van der Waals surface area contributed by atoms with E-state index in [2.05, 4.69) is 38.2 Å². The molecule has 0 aliphatic carbocycles. The fraction of sp³-hybridized carbons (Fsp3) is 0.846. The molecule has 1 unspecified atom stereocenters. The zero-order valence-corrected chi connectivity index (χ0v) is 29.0. The fourth-order valence-electron chi connectivity index (χ4n) is 5.28. The van der Waals surface area contributed by atoms with Crippen LogP contribution < -0.4 is 0 Å². The van der Waals surface area contributed by atoms with E-state index < -0.39 is 0 Å². The van der Waals surface area contributed by atoms with Gasteiger partial charge in [0.1, 0.15) is 12.7 Å². The quantitative estimate of drug-likeness (QED) is 0.0425. The second-order valence-corrected chi connectivity index (χ2v) is 12.7. The van der Waals surface area contributed by atoms with Gasteiger partial charge in [0.2, 0.25) is 0 Å². The lowest BCUT2D eigenvalue weighted by atomic mass is 10.1. The Morgan fingerprint density at radius 3 is 1.19 bits per heavy atom. The molecule has 0 aromatic carbocycles. The monoisotopic (exact) mass is 605 g/mol. The summed E-state index contributed by atoms with van der Waals surface area (Å²) >= 11 is 0. The van der Waals surface area contributed by atoms with Gasteiger partial charge in [-0.15, -0.1) is 0 Å². The molecule has 1 atom stereocenters. The van der Waals surface area contributed by atoms with Gasteiger partial charge >= 0.3 is 11.9 Å². The molecule has 0 heterocycles. The van der Waals surface area contributed by atoms with Crippen molar-refractivity contribution in [2.75, 3.05) is 6.61 Å². The zero-order valence-electron chi connectivity index (χ0n) is 29.0. The molecule has 0 radical (unpaired) electrons. The summed E-state index contributed by atoms with van der Waals surface area (Å²) < 4.78 is 10.7. The highest BCUT2D eigenvalue weighted by atomic mass is 16.6. The predicted octanol–water partition coefficient (Wildman–Crippen LogP) is 12.5. The minimum Gasteiger partial charge on any atom is -0.462 e. The van der Waals surface area contributed by atoms with Crippen LogP contribution >= 0.6 is 0 Å². The SMILES string of the molecule is CCCCCCCC/C=C/CCCCCCCC(=O)OCC(C)OC(=O)CCCCCCC/C=C/CCCCCCCC. The normalized spacial score (nSPS) is 12.3. The molecular weight excluding hydrogens is 532 g/mol. The number of hydrogen-bond acceptors (Lipinski definition) is 4. The number of rotatable bonds is 33. The lowest BCUT2D eigenvalue weighted by molar-refractivity contribution is -0.158. The second-order valence-electron chi connectivity index (χ2n) is 12.7. The van der Waals surface area contributed by atoms with E-state index in [1.807, 2.05) is 0 Å². The Bertz CT molecular complexity index is 654. The van der Waals surface area contributed by atoms with Crippen LogP contribution in [0.5, 0.6) is 0 Å². The Balaban J connectivity index is 3.46. The second kappa shape index (κ2) is 34.9. The van der Waals surface area contributed by atoms with Crippen LogP contribution in [0.4, 0.5) is 0 Å². The molecule has 0 saturated carbocycles. The molecule has 4 nitrogen and oxygen atoms in total. The maximum Gasteiger partial charge on any atom is 0.306 e. The van der Waals surface area contributed by atoms with Gasteiger partial charge in [0.25, 0.3) is 0 Å². The summed E-state index contributed by atoms with van der Waals surface area (Å²) in [5, 5.41) is 0.